The van der Waals surface area contributed by atoms with Gasteiger partial charge < -0.3 is 14.0 Å². The Kier molecular flexibility index (Phi) is 4.26. The van der Waals surface area contributed by atoms with E-state index < -0.39 is 5.97 Å². The van der Waals surface area contributed by atoms with E-state index in [4.69, 9.17) is 9.47 Å². The Bertz CT molecular complexity index is 677. The molecule has 0 aliphatic heterocycles. The van der Waals surface area contributed by atoms with Gasteiger partial charge in [0.2, 0.25) is 0 Å². The fourth-order valence-electron chi connectivity index (χ4n) is 2.32. The number of carbonyl (C=O) groups is 1. The van der Waals surface area contributed by atoms with Crippen molar-refractivity contribution in [2.24, 2.45) is 0 Å². The molecular weight excluding hydrogens is 270 g/mol. The average molecular weight is 289 g/mol. The predicted octanol–water partition coefficient (Wildman–Crippen LogP) is 2.05. The number of carbonyl (C=O) groups excluding carboxylic acids is 1. The third-order valence-electron chi connectivity index (χ3n) is 3.51. The number of rotatable bonds is 4. The Morgan fingerprint density at radius 2 is 1.90 bits per heavy atom. The number of ether oxygens (including phenoxy) is 2. The Balaban J connectivity index is 2.44. The number of nitrogens with zero attached hydrogens (tertiary/aromatic N) is 3. The van der Waals surface area contributed by atoms with E-state index in [9.17, 15) is 4.79 Å². The third-order valence-corrected chi connectivity index (χ3v) is 3.51. The first-order valence-corrected chi connectivity index (χ1v) is 6.59. The molecular formula is C15H19N3O3. The van der Waals surface area contributed by atoms with Crippen LogP contribution in [0.3, 0.4) is 0 Å². The molecule has 0 N–H and O–H groups in total. The molecule has 6 heteroatoms. The summed E-state index contributed by atoms with van der Waals surface area (Å²) in [5.74, 6) is 1.14. The highest BCUT2D eigenvalue weighted by molar-refractivity contribution is 5.87. The molecule has 2 aromatic rings. The molecule has 0 bridgehead atoms. The van der Waals surface area contributed by atoms with Gasteiger partial charge in [0.15, 0.2) is 0 Å². The number of aryl methyl sites for hydroxylation is 2. The van der Waals surface area contributed by atoms with Crippen LogP contribution in [0.15, 0.2) is 12.4 Å². The van der Waals surface area contributed by atoms with Crippen molar-refractivity contribution >= 4 is 5.97 Å². The van der Waals surface area contributed by atoms with Gasteiger partial charge in [-0.05, 0) is 20.8 Å². The van der Waals surface area contributed by atoms with Gasteiger partial charge >= 0.3 is 5.97 Å². The molecule has 0 aliphatic carbocycles. The van der Waals surface area contributed by atoms with Gasteiger partial charge in [-0.1, -0.05) is 0 Å². The molecule has 0 spiro atoms. The van der Waals surface area contributed by atoms with Crippen molar-refractivity contribution in [2.75, 3.05) is 14.2 Å². The van der Waals surface area contributed by atoms with Gasteiger partial charge in [0, 0.05) is 17.3 Å². The maximum Gasteiger partial charge on any atom is 0.356 e. The quantitative estimate of drug-likeness (QED) is 0.806. The Morgan fingerprint density at radius 3 is 2.52 bits per heavy atom. The molecule has 0 atom stereocenters. The van der Waals surface area contributed by atoms with Crippen LogP contribution in [0.4, 0.5) is 0 Å². The highest BCUT2D eigenvalue weighted by Gasteiger charge is 2.17. The summed E-state index contributed by atoms with van der Waals surface area (Å²) in [5, 5.41) is 0. The van der Waals surface area contributed by atoms with Gasteiger partial charge in [0.25, 0.3) is 0 Å². The molecule has 0 aromatic carbocycles. The van der Waals surface area contributed by atoms with Crippen molar-refractivity contribution in [1.82, 2.24) is 14.5 Å². The monoisotopic (exact) mass is 289 g/mol. The van der Waals surface area contributed by atoms with Crippen LogP contribution in [0.25, 0.3) is 0 Å². The van der Waals surface area contributed by atoms with Gasteiger partial charge in [-0.15, -0.1) is 0 Å². The minimum atomic E-state index is -0.410. The molecule has 0 amide bonds. The number of pyridine rings is 1. The standard InChI is InChI=1S/C15H19N3O3/c1-9-6-17-12(10(2)14(9)20-4)8-18-11(3)16-7-13(18)15(19)21-5/h6-7H,8H2,1-5H3. The number of esters is 1. The fourth-order valence-corrected chi connectivity index (χ4v) is 2.32. The molecule has 0 unspecified atom stereocenters. The van der Waals surface area contributed by atoms with Crippen molar-refractivity contribution in [3.63, 3.8) is 0 Å². The zero-order valence-corrected chi connectivity index (χ0v) is 12.9. The first-order chi connectivity index (χ1) is 9.99. The summed E-state index contributed by atoms with van der Waals surface area (Å²) in [6.07, 6.45) is 3.28. The summed E-state index contributed by atoms with van der Waals surface area (Å²) in [4.78, 5) is 20.4. The van der Waals surface area contributed by atoms with E-state index in [-0.39, 0.29) is 0 Å². The molecule has 0 aliphatic rings. The molecule has 2 rings (SSSR count). The van der Waals surface area contributed by atoms with Gasteiger partial charge in [-0.25, -0.2) is 9.78 Å². The first kappa shape index (κ1) is 15.0. The number of imidazole rings is 1. The van der Waals surface area contributed by atoms with Crippen LogP contribution >= 0.6 is 0 Å². The van der Waals surface area contributed by atoms with Crippen molar-refractivity contribution in [1.29, 1.82) is 0 Å². The van der Waals surface area contributed by atoms with E-state index in [0.29, 0.717) is 12.2 Å². The Hall–Kier alpha value is -2.37. The molecule has 0 saturated carbocycles. The molecule has 2 aromatic heterocycles. The molecule has 2 heterocycles. The molecule has 6 nitrogen and oxygen atoms in total. The van der Waals surface area contributed by atoms with Crippen LogP contribution < -0.4 is 4.74 Å². The lowest BCUT2D eigenvalue weighted by molar-refractivity contribution is 0.0588. The average Bonchev–Trinajstić information content (AvgIpc) is 2.83. The van der Waals surface area contributed by atoms with E-state index in [1.54, 1.807) is 17.9 Å². The molecule has 0 fully saturated rings. The summed E-state index contributed by atoms with van der Waals surface area (Å²) in [6.45, 7) is 6.19. The topological polar surface area (TPSA) is 66.2 Å². The number of hydrogen-bond donors (Lipinski definition) is 0. The number of methoxy groups -OCH3 is 2. The summed E-state index contributed by atoms with van der Waals surface area (Å²) in [6, 6.07) is 0. The molecule has 0 saturated heterocycles. The van der Waals surface area contributed by atoms with E-state index in [2.05, 4.69) is 9.97 Å². The minimum Gasteiger partial charge on any atom is -0.496 e. The second-order valence-corrected chi connectivity index (χ2v) is 4.81. The van der Waals surface area contributed by atoms with Crippen LogP contribution in [-0.4, -0.2) is 34.7 Å². The lowest BCUT2D eigenvalue weighted by atomic mass is 10.1. The van der Waals surface area contributed by atoms with Crippen LogP contribution in [0.2, 0.25) is 0 Å². The highest BCUT2D eigenvalue weighted by atomic mass is 16.5. The zero-order valence-electron chi connectivity index (χ0n) is 12.9. The maximum absolute atomic E-state index is 11.8. The van der Waals surface area contributed by atoms with Crippen LogP contribution in [0.1, 0.15) is 33.1 Å². The van der Waals surface area contributed by atoms with Crippen molar-refractivity contribution in [2.45, 2.75) is 27.3 Å². The summed E-state index contributed by atoms with van der Waals surface area (Å²) in [7, 11) is 2.99. The third kappa shape index (κ3) is 2.74. The highest BCUT2D eigenvalue weighted by Crippen LogP contribution is 2.25. The molecule has 112 valence electrons. The number of aromatic nitrogens is 3. The van der Waals surface area contributed by atoms with Gasteiger partial charge in [-0.3, -0.25) is 4.98 Å². The van der Waals surface area contributed by atoms with Crippen molar-refractivity contribution in [3.8, 4) is 5.75 Å². The molecule has 21 heavy (non-hydrogen) atoms. The lowest BCUT2D eigenvalue weighted by Crippen LogP contribution is -2.14. The van der Waals surface area contributed by atoms with E-state index in [1.807, 2.05) is 20.8 Å². The van der Waals surface area contributed by atoms with Gasteiger partial charge in [0.1, 0.15) is 17.3 Å². The van der Waals surface area contributed by atoms with Crippen molar-refractivity contribution in [3.05, 3.63) is 40.7 Å². The SMILES string of the molecule is COC(=O)c1cnc(C)n1Cc1ncc(C)c(OC)c1C. The van der Waals surface area contributed by atoms with Crippen LogP contribution in [-0.2, 0) is 11.3 Å². The Morgan fingerprint density at radius 1 is 1.19 bits per heavy atom. The second-order valence-electron chi connectivity index (χ2n) is 4.81. The summed E-state index contributed by atoms with van der Waals surface area (Å²) < 4.78 is 12.0. The predicted molar refractivity (Wildman–Crippen MR) is 77.7 cm³/mol. The van der Waals surface area contributed by atoms with Crippen LogP contribution in [0, 0.1) is 20.8 Å². The van der Waals surface area contributed by atoms with Gasteiger partial charge in [-0.2, -0.15) is 0 Å². The Labute approximate surface area is 123 Å². The minimum absolute atomic E-state index is 0.410. The second kappa shape index (κ2) is 5.95. The number of hydrogen-bond acceptors (Lipinski definition) is 5. The smallest absolute Gasteiger partial charge is 0.356 e. The van der Waals surface area contributed by atoms with Gasteiger partial charge in [0.05, 0.1) is 32.7 Å². The van der Waals surface area contributed by atoms with E-state index >= 15 is 0 Å². The van der Waals surface area contributed by atoms with E-state index in [1.165, 1.54) is 13.3 Å². The first-order valence-electron chi connectivity index (χ1n) is 6.59. The lowest BCUT2D eigenvalue weighted by Gasteiger charge is -2.14. The fraction of sp³-hybridized carbons (Fsp3) is 0.400. The maximum atomic E-state index is 11.8. The zero-order chi connectivity index (χ0) is 15.6. The normalized spacial score (nSPS) is 10.5. The van der Waals surface area contributed by atoms with Crippen molar-refractivity contribution < 1.29 is 14.3 Å². The van der Waals surface area contributed by atoms with E-state index in [0.717, 1.165) is 28.4 Å². The summed E-state index contributed by atoms with van der Waals surface area (Å²) in [5.41, 5.74) is 3.19. The van der Waals surface area contributed by atoms with Crippen LogP contribution in [0.5, 0.6) is 5.75 Å². The largest absolute Gasteiger partial charge is 0.496 e. The summed E-state index contributed by atoms with van der Waals surface area (Å²) >= 11 is 0. The molecule has 0 radical (unpaired) electrons.